The van der Waals surface area contributed by atoms with Crippen molar-refractivity contribution in [1.29, 1.82) is 0 Å². The van der Waals surface area contributed by atoms with Crippen LogP contribution in [0.1, 0.15) is 25.7 Å². The Balaban J connectivity index is 1.35. The molecule has 3 heterocycles. The number of carbonyl (C=O) groups excluding carboxylic acids is 2. The maximum Gasteiger partial charge on any atom is 0.269 e. The Morgan fingerprint density at radius 3 is 2.13 bits per heavy atom. The van der Waals surface area contributed by atoms with Crippen LogP contribution in [-0.4, -0.2) is 233 Å². The molecule has 3 aliphatic rings. The molecule has 1 aromatic carbocycles. The average molecular weight is 898 g/mol. The summed E-state index contributed by atoms with van der Waals surface area (Å²) in [6, 6.07) is 8.78. The number of ether oxygens (including phenoxy) is 7. The summed E-state index contributed by atoms with van der Waals surface area (Å²) in [5.74, 6) is -3.92. The van der Waals surface area contributed by atoms with E-state index in [1.165, 1.54) is 12.0 Å². The second kappa shape index (κ2) is 25.7. The SMILES string of the molecule is COCC(O)CNCCCCCC(=O)N(CCO[C@@H]1O[C@H](CO)[C@H](O)[C@H](O)[C@H]1OC[C@@]1(O)O[C@H](CO)[C@@H](O)[C@@H]1OCC(=O)NO[C@H]1O[C@H](CO)[C@H](O)[C@H](O)[C@H]1O)c1ccccc1. The molecule has 62 heavy (non-hydrogen) atoms. The molecule has 1 aromatic rings. The number of hydroxylamine groups is 1. The van der Waals surface area contributed by atoms with Gasteiger partial charge in [-0.05, 0) is 31.5 Å². The lowest BCUT2D eigenvalue weighted by Crippen LogP contribution is -2.61. The van der Waals surface area contributed by atoms with Gasteiger partial charge in [0, 0.05) is 32.3 Å². The molecule has 15 atom stereocenters. The summed E-state index contributed by atoms with van der Waals surface area (Å²) in [6.07, 6.45) is -19.8. The standard InChI is InChI=1S/C38H63N3O21/c1-55-18-22(45)14-39-11-7-3-6-10-27(47)41(21-8-4-2-5-9-21)12-13-56-37-34(32(52)29(49)24(16-43)60-37)58-20-38(54)35(30(50)25(17-44)61-38)57-19-26(46)40-62-36-33(53)31(51)28(48)23(15-42)59-36/h2,4-5,8-9,22-25,28-37,39,42-45,48-54H,3,6-7,10-20H2,1H3,(H,40,46)/t22?,23-,24-,25-,28+,29+,30-,31+,32+,33-,34-,35+,36-,37-,38-/m1/s1. The van der Waals surface area contributed by atoms with E-state index in [2.05, 4.69) is 5.32 Å². The first-order valence-corrected chi connectivity index (χ1v) is 20.3. The lowest BCUT2D eigenvalue weighted by atomic mass is 9.99. The number of benzene rings is 1. The van der Waals surface area contributed by atoms with E-state index in [9.17, 15) is 65.8 Å². The lowest BCUT2D eigenvalue weighted by Gasteiger charge is -2.43. The van der Waals surface area contributed by atoms with Gasteiger partial charge in [-0.3, -0.25) is 9.59 Å². The van der Waals surface area contributed by atoms with Crippen LogP contribution < -0.4 is 15.7 Å². The molecule has 3 aliphatic heterocycles. The number of anilines is 1. The average Bonchev–Trinajstić information content (AvgIpc) is 3.51. The van der Waals surface area contributed by atoms with E-state index >= 15 is 0 Å². The van der Waals surface area contributed by atoms with Gasteiger partial charge in [0.1, 0.15) is 80.4 Å². The second-order valence-electron chi connectivity index (χ2n) is 15.1. The Hall–Kier alpha value is -2.64. The minimum atomic E-state index is -2.63. The summed E-state index contributed by atoms with van der Waals surface area (Å²) in [5, 5.41) is 116. The topological polar surface area (TPSA) is 358 Å². The van der Waals surface area contributed by atoms with Crippen molar-refractivity contribution in [3.05, 3.63) is 30.3 Å². The number of aliphatic hydroxyl groups is 11. The molecule has 1 unspecified atom stereocenters. The molecule has 4 rings (SSSR count). The first kappa shape index (κ1) is 52.0. The number of aliphatic hydroxyl groups excluding tert-OH is 10. The fraction of sp³-hybridized carbons (Fsp3) is 0.789. The van der Waals surface area contributed by atoms with Crippen molar-refractivity contribution in [2.24, 2.45) is 0 Å². The maximum atomic E-state index is 13.5. The van der Waals surface area contributed by atoms with Gasteiger partial charge in [-0.25, -0.2) is 10.3 Å². The highest BCUT2D eigenvalue weighted by molar-refractivity contribution is 5.93. The zero-order chi connectivity index (χ0) is 45.4. The van der Waals surface area contributed by atoms with Crippen LogP contribution in [0.4, 0.5) is 5.69 Å². The monoisotopic (exact) mass is 897 g/mol. The molecular weight excluding hydrogens is 834 g/mol. The van der Waals surface area contributed by atoms with E-state index in [1.54, 1.807) is 30.3 Å². The van der Waals surface area contributed by atoms with E-state index in [1.807, 2.05) is 5.48 Å². The Bertz CT molecular complexity index is 1460. The second-order valence-corrected chi connectivity index (χ2v) is 15.1. The van der Waals surface area contributed by atoms with Crippen LogP contribution in [0.15, 0.2) is 30.3 Å². The highest BCUT2D eigenvalue weighted by atomic mass is 16.8. The van der Waals surface area contributed by atoms with Gasteiger partial charge in [0.2, 0.25) is 18.0 Å². The van der Waals surface area contributed by atoms with E-state index in [-0.39, 0.29) is 32.1 Å². The minimum Gasteiger partial charge on any atom is -0.394 e. The van der Waals surface area contributed by atoms with Gasteiger partial charge in [-0.1, -0.05) is 24.6 Å². The molecule has 0 aliphatic carbocycles. The minimum absolute atomic E-state index is 0.00763. The fourth-order valence-corrected chi connectivity index (χ4v) is 7.04. The Morgan fingerprint density at radius 1 is 0.806 bits per heavy atom. The Morgan fingerprint density at radius 2 is 1.47 bits per heavy atom. The normalized spacial score (nSPS) is 34.2. The third kappa shape index (κ3) is 14.2. The van der Waals surface area contributed by atoms with E-state index in [0.29, 0.717) is 25.2 Å². The largest absolute Gasteiger partial charge is 0.394 e. The van der Waals surface area contributed by atoms with Crippen LogP contribution in [0.2, 0.25) is 0 Å². The van der Waals surface area contributed by atoms with E-state index in [0.717, 1.165) is 12.8 Å². The zero-order valence-electron chi connectivity index (χ0n) is 34.3. The van der Waals surface area contributed by atoms with Crippen LogP contribution in [-0.2, 0) is 47.6 Å². The highest BCUT2D eigenvalue weighted by Crippen LogP contribution is 2.34. The smallest absolute Gasteiger partial charge is 0.269 e. The molecule has 0 saturated carbocycles. The first-order valence-electron chi connectivity index (χ1n) is 20.3. The molecule has 0 bridgehead atoms. The van der Waals surface area contributed by atoms with Crippen molar-refractivity contribution < 1.29 is 104 Å². The Kier molecular flexibility index (Phi) is 21.6. The quantitative estimate of drug-likeness (QED) is 0.0304. The number of methoxy groups -OCH3 is 1. The van der Waals surface area contributed by atoms with Gasteiger partial charge < -0.3 is 99.5 Å². The van der Waals surface area contributed by atoms with E-state index in [4.69, 9.17) is 38.0 Å². The van der Waals surface area contributed by atoms with Crippen LogP contribution in [0.5, 0.6) is 0 Å². The molecule has 3 saturated heterocycles. The first-order chi connectivity index (χ1) is 29.7. The summed E-state index contributed by atoms with van der Waals surface area (Å²) in [7, 11) is 1.51. The van der Waals surface area contributed by atoms with Gasteiger partial charge in [-0.15, -0.1) is 0 Å². The number of nitrogens with one attached hydrogen (secondary N) is 2. The molecule has 24 nitrogen and oxygen atoms in total. The van der Waals surface area contributed by atoms with Gasteiger partial charge in [-0.2, -0.15) is 0 Å². The third-order valence-electron chi connectivity index (χ3n) is 10.5. The summed E-state index contributed by atoms with van der Waals surface area (Å²) in [5.41, 5.74) is 2.45. The predicted octanol–water partition coefficient (Wildman–Crippen LogP) is -6.31. The number of carbonyl (C=O) groups is 2. The summed E-state index contributed by atoms with van der Waals surface area (Å²) < 4.78 is 38.4. The molecule has 24 heteroatoms. The predicted molar refractivity (Wildman–Crippen MR) is 207 cm³/mol. The summed E-state index contributed by atoms with van der Waals surface area (Å²) in [4.78, 5) is 32.6. The van der Waals surface area contributed by atoms with Crippen molar-refractivity contribution in [2.75, 3.05) is 77.9 Å². The number of para-hydroxylation sites is 1. The fourth-order valence-electron chi connectivity index (χ4n) is 7.04. The molecule has 0 radical (unpaired) electrons. The van der Waals surface area contributed by atoms with Crippen molar-refractivity contribution in [3.8, 4) is 0 Å². The number of hydrogen-bond acceptors (Lipinski definition) is 22. The van der Waals surface area contributed by atoms with Crippen LogP contribution in [0.3, 0.4) is 0 Å². The molecule has 13 N–H and O–H groups in total. The number of nitrogens with zero attached hydrogens (tertiary/aromatic N) is 1. The van der Waals surface area contributed by atoms with Crippen LogP contribution >= 0.6 is 0 Å². The third-order valence-corrected chi connectivity index (χ3v) is 10.5. The molecule has 0 aromatic heterocycles. The molecule has 3 fully saturated rings. The molecule has 2 amide bonds. The Labute approximate surface area is 357 Å². The van der Waals surface area contributed by atoms with Gasteiger partial charge in [0.25, 0.3) is 5.91 Å². The van der Waals surface area contributed by atoms with Crippen molar-refractivity contribution in [1.82, 2.24) is 10.8 Å². The molecule has 0 spiro atoms. The van der Waals surface area contributed by atoms with Crippen molar-refractivity contribution >= 4 is 17.5 Å². The number of hydrogen-bond donors (Lipinski definition) is 13. The van der Waals surface area contributed by atoms with Crippen molar-refractivity contribution in [3.63, 3.8) is 0 Å². The lowest BCUT2D eigenvalue weighted by molar-refractivity contribution is -0.331. The van der Waals surface area contributed by atoms with Gasteiger partial charge in [0.15, 0.2) is 6.29 Å². The van der Waals surface area contributed by atoms with Crippen molar-refractivity contribution in [2.45, 2.75) is 117 Å². The number of rotatable bonds is 26. The van der Waals surface area contributed by atoms with Crippen LogP contribution in [0.25, 0.3) is 0 Å². The maximum absolute atomic E-state index is 13.5. The summed E-state index contributed by atoms with van der Waals surface area (Å²) >= 11 is 0. The molecular formula is C38H63N3O21. The van der Waals surface area contributed by atoms with Gasteiger partial charge >= 0.3 is 0 Å². The number of amides is 2. The molecule has 356 valence electrons. The zero-order valence-corrected chi connectivity index (χ0v) is 34.3. The highest BCUT2D eigenvalue weighted by Gasteiger charge is 2.57. The van der Waals surface area contributed by atoms with Crippen LogP contribution in [0, 0.1) is 0 Å². The number of unbranched alkanes of at least 4 members (excludes halogenated alkanes) is 2. The summed E-state index contributed by atoms with van der Waals surface area (Å²) in [6.45, 7) is -3.21. The van der Waals surface area contributed by atoms with E-state index < -0.39 is 131 Å². The van der Waals surface area contributed by atoms with Gasteiger partial charge in [0.05, 0.1) is 39.1 Å².